The van der Waals surface area contributed by atoms with E-state index in [0.29, 0.717) is 17.7 Å². The highest BCUT2D eigenvalue weighted by Crippen LogP contribution is 2.17. The van der Waals surface area contributed by atoms with Crippen LogP contribution in [0.1, 0.15) is 26.3 Å². The van der Waals surface area contributed by atoms with Crippen molar-refractivity contribution < 1.29 is 9.59 Å². The number of aromatic amines is 1. The van der Waals surface area contributed by atoms with E-state index < -0.39 is 0 Å². The topological polar surface area (TPSA) is 74.0 Å². The summed E-state index contributed by atoms with van der Waals surface area (Å²) in [5.41, 5.74) is 4.04. The molecule has 4 aromatic rings. The van der Waals surface area contributed by atoms with Crippen LogP contribution in [0.4, 0.5) is 5.69 Å². The molecule has 2 amide bonds. The fourth-order valence-corrected chi connectivity index (χ4v) is 3.25. The van der Waals surface area contributed by atoms with Gasteiger partial charge in [0.2, 0.25) is 0 Å². The zero-order valence-corrected chi connectivity index (χ0v) is 15.8. The number of anilines is 1. The van der Waals surface area contributed by atoms with Crippen LogP contribution in [-0.4, -0.2) is 23.3 Å². The van der Waals surface area contributed by atoms with Gasteiger partial charge in [-0.1, -0.05) is 36.4 Å². The van der Waals surface area contributed by atoms with Crippen LogP contribution < -0.4 is 10.6 Å². The predicted octanol–water partition coefficient (Wildman–Crippen LogP) is 4.39. The van der Waals surface area contributed by atoms with Crippen molar-refractivity contribution in [3.05, 3.63) is 102 Å². The zero-order chi connectivity index (χ0) is 20.1. The number of benzene rings is 3. The van der Waals surface area contributed by atoms with Crippen molar-refractivity contribution in [2.75, 3.05) is 11.9 Å². The predicted molar refractivity (Wildman–Crippen MR) is 115 cm³/mol. The Hall–Kier alpha value is -3.86. The number of carbonyl (C=O) groups is 2. The molecule has 5 heteroatoms. The highest BCUT2D eigenvalue weighted by Gasteiger charge is 2.10. The molecule has 29 heavy (non-hydrogen) atoms. The van der Waals surface area contributed by atoms with Gasteiger partial charge in [-0.15, -0.1) is 0 Å². The third kappa shape index (κ3) is 4.35. The monoisotopic (exact) mass is 383 g/mol. The van der Waals surface area contributed by atoms with Crippen LogP contribution in [0.15, 0.2) is 85.1 Å². The second-order valence-electron chi connectivity index (χ2n) is 6.76. The molecule has 4 rings (SSSR count). The molecule has 3 N–H and O–H groups in total. The molecule has 1 aromatic heterocycles. The molecule has 0 spiro atoms. The van der Waals surface area contributed by atoms with Crippen molar-refractivity contribution in [2.45, 2.75) is 6.42 Å². The number of nitrogens with one attached hydrogen (secondary N) is 3. The molecule has 1 heterocycles. The number of carbonyl (C=O) groups excluding carboxylic acids is 2. The van der Waals surface area contributed by atoms with Crippen LogP contribution in [0.25, 0.3) is 10.9 Å². The minimum atomic E-state index is -0.206. The highest BCUT2D eigenvalue weighted by atomic mass is 16.2. The third-order valence-electron chi connectivity index (χ3n) is 4.80. The molecule has 0 aliphatic heterocycles. The average Bonchev–Trinajstić information content (AvgIpc) is 3.18. The Labute approximate surface area is 168 Å². The molecule has 0 aliphatic carbocycles. The molecule has 0 aliphatic rings. The number of fused-ring (bicyclic) bond motifs is 1. The summed E-state index contributed by atoms with van der Waals surface area (Å²) in [5, 5.41) is 6.94. The highest BCUT2D eigenvalue weighted by molar-refractivity contribution is 6.05. The first kappa shape index (κ1) is 18.5. The van der Waals surface area contributed by atoms with Crippen LogP contribution in [0.5, 0.6) is 0 Å². The minimum absolute atomic E-state index is 0.153. The summed E-state index contributed by atoms with van der Waals surface area (Å²) in [7, 11) is 0. The summed E-state index contributed by atoms with van der Waals surface area (Å²) in [6.07, 6.45) is 2.73. The molecule has 5 nitrogen and oxygen atoms in total. The van der Waals surface area contributed by atoms with E-state index in [2.05, 4.69) is 21.7 Å². The summed E-state index contributed by atoms with van der Waals surface area (Å²) >= 11 is 0. The first-order valence-electron chi connectivity index (χ1n) is 9.50. The molecule has 0 saturated heterocycles. The number of para-hydroxylation sites is 2. The van der Waals surface area contributed by atoms with E-state index in [1.165, 1.54) is 10.9 Å². The van der Waals surface area contributed by atoms with Gasteiger partial charge >= 0.3 is 0 Å². The quantitative estimate of drug-likeness (QED) is 0.462. The standard InChI is InChI=1S/C24H21N3O2/c28-23(25-15-14-19-16-26-22-9-5-4-8-21(19)22)17-10-12-18(13-11-17)24(29)27-20-6-2-1-3-7-20/h1-13,16,26H,14-15H2,(H,25,28)(H,27,29). The minimum Gasteiger partial charge on any atom is -0.361 e. The summed E-state index contributed by atoms with van der Waals surface area (Å²) in [5.74, 6) is -0.359. The number of hydrogen-bond donors (Lipinski definition) is 3. The molecular weight excluding hydrogens is 362 g/mol. The van der Waals surface area contributed by atoms with Gasteiger partial charge in [-0.3, -0.25) is 9.59 Å². The van der Waals surface area contributed by atoms with Gasteiger partial charge in [-0.05, 0) is 54.4 Å². The van der Waals surface area contributed by atoms with Crippen molar-refractivity contribution >= 4 is 28.4 Å². The van der Waals surface area contributed by atoms with E-state index in [9.17, 15) is 9.59 Å². The maximum Gasteiger partial charge on any atom is 0.255 e. The van der Waals surface area contributed by atoms with Gasteiger partial charge in [0.25, 0.3) is 11.8 Å². The fourth-order valence-electron chi connectivity index (χ4n) is 3.25. The second kappa shape index (κ2) is 8.44. The Morgan fingerprint density at radius 1 is 0.759 bits per heavy atom. The van der Waals surface area contributed by atoms with Gasteiger partial charge in [0, 0.05) is 40.5 Å². The Kier molecular flexibility index (Phi) is 5.38. The molecule has 144 valence electrons. The average molecular weight is 383 g/mol. The normalized spacial score (nSPS) is 10.6. The number of rotatable bonds is 6. The lowest BCUT2D eigenvalue weighted by Gasteiger charge is -2.07. The van der Waals surface area contributed by atoms with Gasteiger partial charge in [0.15, 0.2) is 0 Å². The Morgan fingerprint density at radius 3 is 2.17 bits per heavy atom. The third-order valence-corrected chi connectivity index (χ3v) is 4.80. The maximum atomic E-state index is 12.4. The van der Waals surface area contributed by atoms with Crippen LogP contribution in [0, 0.1) is 0 Å². The number of aromatic nitrogens is 1. The molecule has 0 saturated carbocycles. The summed E-state index contributed by atoms with van der Waals surface area (Å²) in [4.78, 5) is 27.9. The first-order chi connectivity index (χ1) is 14.2. The van der Waals surface area contributed by atoms with Crippen molar-refractivity contribution in [1.82, 2.24) is 10.3 Å². The van der Waals surface area contributed by atoms with Crippen molar-refractivity contribution in [3.63, 3.8) is 0 Å². The Bertz CT molecular complexity index is 1130. The van der Waals surface area contributed by atoms with Gasteiger partial charge in [-0.2, -0.15) is 0 Å². The lowest BCUT2D eigenvalue weighted by atomic mass is 10.1. The lowest BCUT2D eigenvalue weighted by Crippen LogP contribution is -2.25. The SMILES string of the molecule is O=C(NCCc1c[nH]c2ccccc12)c1ccc(C(=O)Nc2ccccc2)cc1. The van der Waals surface area contributed by atoms with E-state index in [0.717, 1.165) is 17.6 Å². The van der Waals surface area contributed by atoms with Crippen LogP contribution >= 0.6 is 0 Å². The Balaban J connectivity index is 1.32. The summed E-state index contributed by atoms with van der Waals surface area (Å²) in [6.45, 7) is 0.539. The van der Waals surface area contributed by atoms with Crippen molar-refractivity contribution in [3.8, 4) is 0 Å². The van der Waals surface area contributed by atoms with Crippen LogP contribution in [0.3, 0.4) is 0 Å². The first-order valence-corrected chi connectivity index (χ1v) is 9.50. The molecule has 0 radical (unpaired) electrons. The largest absolute Gasteiger partial charge is 0.361 e. The molecule has 0 atom stereocenters. The van der Waals surface area contributed by atoms with Crippen molar-refractivity contribution in [2.24, 2.45) is 0 Å². The second-order valence-corrected chi connectivity index (χ2v) is 6.76. The van der Waals surface area contributed by atoms with E-state index in [1.807, 2.05) is 54.7 Å². The lowest BCUT2D eigenvalue weighted by molar-refractivity contribution is 0.0952. The summed E-state index contributed by atoms with van der Waals surface area (Å²) < 4.78 is 0. The van der Waals surface area contributed by atoms with E-state index in [1.54, 1.807) is 24.3 Å². The van der Waals surface area contributed by atoms with Gasteiger partial charge in [-0.25, -0.2) is 0 Å². The summed E-state index contributed by atoms with van der Waals surface area (Å²) in [6, 6.07) is 24.0. The van der Waals surface area contributed by atoms with Crippen LogP contribution in [-0.2, 0) is 6.42 Å². The van der Waals surface area contributed by atoms with Gasteiger partial charge in [0.1, 0.15) is 0 Å². The molecule has 0 bridgehead atoms. The Morgan fingerprint density at radius 2 is 1.41 bits per heavy atom. The zero-order valence-electron chi connectivity index (χ0n) is 15.8. The van der Waals surface area contributed by atoms with Gasteiger partial charge < -0.3 is 15.6 Å². The number of H-pyrrole nitrogens is 1. The number of amides is 2. The van der Waals surface area contributed by atoms with Crippen molar-refractivity contribution in [1.29, 1.82) is 0 Å². The van der Waals surface area contributed by atoms with Crippen LogP contribution in [0.2, 0.25) is 0 Å². The fraction of sp³-hybridized carbons (Fsp3) is 0.0833. The smallest absolute Gasteiger partial charge is 0.255 e. The maximum absolute atomic E-state index is 12.4. The van der Waals surface area contributed by atoms with Gasteiger partial charge in [0.05, 0.1) is 0 Å². The number of hydrogen-bond acceptors (Lipinski definition) is 2. The molecular formula is C24H21N3O2. The van der Waals surface area contributed by atoms with E-state index in [4.69, 9.17) is 0 Å². The molecule has 0 fully saturated rings. The van der Waals surface area contributed by atoms with E-state index in [-0.39, 0.29) is 11.8 Å². The van der Waals surface area contributed by atoms with E-state index >= 15 is 0 Å². The molecule has 0 unspecified atom stereocenters. The molecule has 3 aromatic carbocycles.